The largest absolute Gasteiger partial charge is 0.418 e. The second-order valence-corrected chi connectivity index (χ2v) is 2.49. The quantitative estimate of drug-likeness (QED) is 0.723. The Morgan fingerprint density at radius 1 is 1.50 bits per heavy atom. The summed E-state index contributed by atoms with van der Waals surface area (Å²) in [5, 5.41) is 7.52. The Labute approximate surface area is 73.6 Å². The molecule has 0 saturated heterocycles. The lowest BCUT2D eigenvalue weighted by Gasteiger charge is -1.85. The standard InChI is InChI=1S/C7H6ClN3O/c8-4-6-10-11-7(12-6)5-2-1-3-9-5/h1-3,9H,4H2. The van der Waals surface area contributed by atoms with E-state index < -0.39 is 0 Å². The third-order valence-electron chi connectivity index (χ3n) is 1.41. The van der Waals surface area contributed by atoms with E-state index >= 15 is 0 Å². The number of nitrogens with one attached hydrogen (secondary N) is 1. The first-order chi connectivity index (χ1) is 5.90. The second kappa shape index (κ2) is 2.98. The Bertz CT molecular complexity index is 354. The third-order valence-corrected chi connectivity index (χ3v) is 1.64. The van der Waals surface area contributed by atoms with Crippen molar-refractivity contribution in [2.24, 2.45) is 0 Å². The molecule has 0 aliphatic heterocycles. The molecule has 62 valence electrons. The van der Waals surface area contributed by atoms with Crippen LogP contribution in [0.1, 0.15) is 5.89 Å². The lowest BCUT2D eigenvalue weighted by Crippen LogP contribution is -1.75. The topological polar surface area (TPSA) is 54.7 Å². The fourth-order valence-corrected chi connectivity index (χ4v) is 0.988. The van der Waals surface area contributed by atoms with Gasteiger partial charge in [0, 0.05) is 6.20 Å². The highest BCUT2D eigenvalue weighted by Gasteiger charge is 2.06. The monoisotopic (exact) mass is 183 g/mol. The zero-order valence-corrected chi connectivity index (χ0v) is 6.88. The van der Waals surface area contributed by atoms with Gasteiger partial charge in [0.15, 0.2) is 0 Å². The van der Waals surface area contributed by atoms with Gasteiger partial charge in [-0.15, -0.1) is 21.8 Å². The van der Waals surface area contributed by atoms with Gasteiger partial charge in [0.25, 0.3) is 5.89 Å². The van der Waals surface area contributed by atoms with Crippen LogP contribution in [0.3, 0.4) is 0 Å². The normalized spacial score (nSPS) is 10.4. The fourth-order valence-electron chi connectivity index (χ4n) is 0.880. The van der Waals surface area contributed by atoms with Gasteiger partial charge in [0.1, 0.15) is 11.6 Å². The van der Waals surface area contributed by atoms with E-state index in [1.165, 1.54) is 0 Å². The summed E-state index contributed by atoms with van der Waals surface area (Å²) in [6, 6.07) is 3.71. The first-order valence-corrected chi connectivity index (χ1v) is 3.95. The molecule has 12 heavy (non-hydrogen) atoms. The van der Waals surface area contributed by atoms with Gasteiger partial charge in [-0.2, -0.15) is 0 Å². The van der Waals surface area contributed by atoms with Crippen LogP contribution in [0, 0.1) is 0 Å². The van der Waals surface area contributed by atoms with Gasteiger partial charge in [-0.3, -0.25) is 0 Å². The first-order valence-electron chi connectivity index (χ1n) is 3.42. The molecular weight excluding hydrogens is 178 g/mol. The van der Waals surface area contributed by atoms with Crippen LogP contribution < -0.4 is 0 Å². The van der Waals surface area contributed by atoms with E-state index in [0.29, 0.717) is 11.8 Å². The molecule has 5 heteroatoms. The first kappa shape index (κ1) is 7.36. The lowest BCUT2D eigenvalue weighted by molar-refractivity contribution is 0.526. The van der Waals surface area contributed by atoms with Gasteiger partial charge in [-0.25, -0.2) is 0 Å². The molecule has 0 saturated carbocycles. The minimum Gasteiger partial charge on any atom is -0.418 e. The lowest BCUT2D eigenvalue weighted by atomic mass is 10.4. The third kappa shape index (κ3) is 1.21. The van der Waals surface area contributed by atoms with Crippen LogP contribution in [0.25, 0.3) is 11.6 Å². The van der Waals surface area contributed by atoms with Crippen molar-refractivity contribution >= 4 is 11.6 Å². The van der Waals surface area contributed by atoms with Crippen molar-refractivity contribution in [1.29, 1.82) is 0 Å². The summed E-state index contributed by atoms with van der Waals surface area (Å²) in [7, 11) is 0. The Kier molecular flexibility index (Phi) is 1.83. The van der Waals surface area contributed by atoms with Crippen molar-refractivity contribution < 1.29 is 4.42 Å². The minimum absolute atomic E-state index is 0.244. The SMILES string of the molecule is ClCc1nnc(-c2ccc[nH]2)o1. The number of H-pyrrole nitrogens is 1. The Morgan fingerprint density at radius 3 is 3.00 bits per heavy atom. The van der Waals surface area contributed by atoms with Crippen molar-refractivity contribution in [2.75, 3.05) is 0 Å². The van der Waals surface area contributed by atoms with Crippen LogP contribution in [0.4, 0.5) is 0 Å². The molecule has 0 amide bonds. The molecule has 2 rings (SSSR count). The molecule has 0 unspecified atom stereocenters. The van der Waals surface area contributed by atoms with Crippen LogP contribution in [-0.2, 0) is 5.88 Å². The van der Waals surface area contributed by atoms with Crippen LogP contribution in [0.5, 0.6) is 0 Å². The van der Waals surface area contributed by atoms with E-state index in [1.54, 1.807) is 6.20 Å². The number of hydrogen-bond donors (Lipinski definition) is 1. The van der Waals surface area contributed by atoms with Gasteiger partial charge in [0.05, 0.1) is 0 Å². The zero-order chi connectivity index (χ0) is 8.39. The molecular formula is C7H6ClN3O. The van der Waals surface area contributed by atoms with E-state index in [4.69, 9.17) is 16.0 Å². The summed E-state index contributed by atoms with van der Waals surface area (Å²) in [6.45, 7) is 0. The summed E-state index contributed by atoms with van der Waals surface area (Å²) >= 11 is 5.50. The summed E-state index contributed by atoms with van der Waals surface area (Å²) < 4.78 is 5.19. The van der Waals surface area contributed by atoms with Crippen molar-refractivity contribution in [3.05, 3.63) is 24.2 Å². The number of nitrogens with zero attached hydrogens (tertiary/aromatic N) is 2. The van der Waals surface area contributed by atoms with E-state index in [-0.39, 0.29) is 5.88 Å². The van der Waals surface area contributed by atoms with Crippen LogP contribution in [-0.4, -0.2) is 15.2 Å². The number of aromatic nitrogens is 3. The van der Waals surface area contributed by atoms with Crippen LogP contribution >= 0.6 is 11.6 Å². The number of alkyl halides is 1. The predicted octanol–water partition coefficient (Wildman–Crippen LogP) is 1.80. The van der Waals surface area contributed by atoms with E-state index in [0.717, 1.165) is 5.69 Å². The summed E-state index contributed by atoms with van der Waals surface area (Å²) in [5.74, 6) is 1.14. The molecule has 0 aliphatic carbocycles. The molecule has 0 aromatic carbocycles. The van der Waals surface area contributed by atoms with Crippen molar-refractivity contribution in [3.63, 3.8) is 0 Å². The average Bonchev–Trinajstić information content (AvgIpc) is 2.75. The molecule has 1 N–H and O–H groups in total. The highest BCUT2D eigenvalue weighted by Crippen LogP contribution is 2.15. The molecule has 0 fully saturated rings. The smallest absolute Gasteiger partial charge is 0.264 e. The summed E-state index contributed by atoms with van der Waals surface area (Å²) in [4.78, 5) is 2.95. The van der Waals surface area contributed by atoms with Gasteiger partial charge in [-0.1, -0.05) is 0 Å². The highest BCUT2D eigenvalue weighted by molar-refractivity contribution is 6.16. The van der Waals surface area contributed by atoms with Gasteiger partial charge >= 0.3 is 0 Å². The van der Waals surface area contributed by atoms with E-state index in [2.05, 4.69) is 15.2 Å². The summed E-state index contributed by atoms with van der Waals surface area (Å²) in [5.41, 5.74) is 0.805. The fraction of sp³-hybridized carbons (Fsp3) is 0.143. The maximum absolute atomic E-state index is 5.50. The molecule has 0 radical (unpaired) electrons. The van der Waals surface area contributed by atoms with Crippen molar-refractivity contribution in [3.8, 4) is 11.6 Å². The minimum atomic E-state index is 0.244. The van der Waals surface area contributed by atoms with Crippen LogP contribution in [0.2, 0.25) is 0 Å². The molecule has 0 spiro atoms. The Balaban J connectivity index is 2.35. The summed E-state index contributed by atoms with van der Waals surface area (Å²) in [6.07, 6.45) is 1.79. The zero-order valence-electron chi connectivity index (χ0n) is 6.12. The van der Waals surface area contributed by atoms with Crippen molar-refractivity contribution in [2.45, 2.75) is 5.88 Å². The number of rotatable bonds is 2. The average molecular weight is 184 g/mol. The second-order valence-electron chi connectivity index (χ2n) is 2.22. The molecule has 2 aromatic heterocycles. The number of hydrogen-bond acceptors (Lipinski definition) is 3. The molecule has 0 bridgehead atoms. The van der Waals surface area contributed by atoms with Gasteiger partial charge in [0.2, 0.25) is 5.89 Å². The van der Waals surface area contributed by atoms with Gasteiger partial charge in [-0.05, 0) is 12.1 Å². The molecule has 0 atom stereocenters. The molecule has 0 aliphatic rings. The maximum Gasteiger partial charge on any atom is 0.264 e. The number of aromatic amines is 1. The Hall–Kier alpha value is -1.29. The number of halogens is 1. The highest BCUT2D eigenvalue weighted by atomic mass is 35.5. The van der Waals surface area contributed by atoms with Gasteiger partial charge < -0.3 is 9.40 Å². The molecule has 2 heterocycles. The maximum atomic E-state index is 5.50. The van der Waals surface area contributed by atoms with Crippen molar-refractivity contribution in [1.82, 2.24) is 15.2 Å². The predicted molar refractivity (Wildman–Crippen MR) is 43.6 cm³/mol. The Morgan fingerprint density at radius 2 is 2.42 bits per heavy atom. The van der Waals surface area contributed by atoms with Crippen LogP contribution in [0.15, 0.2) is 22.7 Å². The molecule has 4 nitrogen and oxygen atoms in total. The van der Waals surface area contributed by atoms with E-state index in [9.17, 15) is 0 Å². The molecule has 2 aromatic rings. The van der Waals surface area contributed by atoms with E-state index in [1.807, 2.05) is 12.1 Å².